The summed E-state index contributed by atoms with van der Waals surface area (Å²) >= 11 is 0. The van der Waals surface area contributed by atoms with Gasteiger partial charge in [-0.15, -0.1) is 0 Å². The molecule has 64 heavy (non-hydrogen) atoms. The molecular weight excluding hydrogens is 777 g/mol. The first-order valence-corrected chi connectivity index (χ1v) is 22.0. The third kappa shape index (κ3) is 5.34. The van der Waals surface area contributed by atoms with Crippen LogP contribution in [-0.2, 0) is 5.41 Å². The van der Waals surface area contributed by atoms with Crippen LogP contribution in [0.1, 0.15) is 22.3 Å². The van der Waals surface area contributed by atoms with E-state index in [1.807, 2.05) is 0 Å². The molecule has 3 nitrogen and oxygen atoms in total. The van der Waals surface area contributed by atoms with Crippen molar-refractivity contribution in [2.75, 3.05) is 4.90 Å². The first-order chi connectivity index (χ1) is 31.8. The van der Waals surface area contributed by atoms with Gasteiger partial charge in [-0.1, -0.05) is 176 Å². The van der Waals surface area contributed by atoms with Gasteiger partial charge >= 0.3 is 0 Å². The molecule has 0 N–H and O–H groups in total. The highest BCUT2D eigenvalue weighted by atomic mass is 16.5. The zero-order valence-corrected chi connectivity index (χ0v) is 34.9. The van der Waals surface area contributed by atoms with Gasteiger partial charge in [0, 0.05) is 44.5 Å². The van der Waals surface area contributed by atoms with E-state index < -0.39 is 5.41 Å². The van der Waals surface area contributed by atoms with E-state index in [0.29, 0.717) is 0 Å². The molecule has 0 amide bonds. The van der Waals surface area contributed by atoms with Crippen molar-refractivity contribution in [2.45, 2.75) is 5.41 Å². The van der Waals surface area contributed by atoms with Crippen LogP contribution in [-0.4, -0.2) is 4.57 Å². The van der Waals surface area contributed by atoms with E-state index in [1.54, 1.807) is 0 Å². The van der Waals surface area contributed by atoms with Crippen molar-refractivity contribution < 1.29 is 4.74 Å². The van der Waals surface area contributed by atoms with Crippen LogP contribution < -0.4 is 9.64 Å². The van der Waals surface area contributed by atoms with Crippen LogP contribution in [0.25, 0.3) is 60.9 Å². The SMILES string of the molecule is c1ccc(-c2ccc(N(c3ccc(-c4ccc(-n5c6ccccc6c6ccccc65)cc4)cc3)c3cccc4c3-c3ccccc3C43c4ccccc4Oc4ccccc43)cc2)cc1. The molecule has 0 bridgehead atoms. The predicted octanol–water partition coefficient (Wildman–Crippen LogP) is 16.1. The number of fused-ring (bicyclic) bond motifs is 12. The molecule has 0 saturated heterocycles. The second-order valence-electron chi connectivity index (χ2n) is 16.8. The topological polar surface area (TPSA) is 17.4 Å². The van der Waals surface area contributed by atoms with Crippen LogP contribution in [0.15, 0.2) is 243 Å². The van der Waals surface area contributed by atoms with E-state index in [-0.39, 0.29) is 0 Å². The van der Waals surface area contributed by atoms with Crippen LogP contribution in [0.2, 0.25) is 0 Å². The van der Waals surface area contributed by atoms with Crippen molar-refractivity contribution in [3.8, 4) is 50.6 Å². The summed E-state index contributed by atoms with van der Waals surface area (Å²) in [7, 11) is 0. The van der Waals surface area contributed by atoms with E-state index in [4.69, 9.17) is 4.74 Å². The number of hydrogen-bond donors (Lipinski definition) is 0. The molecule has 10 aromatic carbocycles. The molecule has 0 saturated carbocycles. The van der Waals surface area contributed by atoms with E-state index in [1.165, 1.54) is 60.8 Å². The molecule has 1 spiro atoms. The summed E-state index contributed by atoms with van der Waals surface area (Å²) in [6.07, 6.45) is 0. The van der Waals surface area contributed by atoms with Crippen molar-refractivity contribution in [3.05, 3.63) is 265 Å². The highest BCUT2D eigenvalue weighted by Gasteiger charge is 2.51. The lowest BCUT2D eigenvalue weighted by Crippen LogP contribution is -2.32. The molecule has 13 rings (SSSR count). The molecule has 1 aliphatic carbocycles. The van der Waals surface area contributed by atoms with Crippen molar-refractivity contribution in [1.82, 2.24) is 4.57 Å². The number of aromatic nitrogens is 1. The fraction of sp³-hybridized carbons (Fsp3) is 0.0164. The Hall–Kier alpha value is -8.40. The van der Waals surface area contributed by atoms with Gasteiger partial charge in [-0.05, 0) is 106 Å². The van der Waals surface area contributed by atoms with Crippen LogP contribution in [0.4, 0.5) is 17.1 Å². The second kappa shape index (κ2) is 14.3. The quantitative estimate of drug-likeness (QED) is 0.166. The molecule has 0 atom stereocenters. The Kier molecular flexibility index (Phi) is 8.13. The van der Waals surface area contributed by atoms with E-state index in [0.717, 1.165) is 50.9 Å². The highest BCUT2D eigenvalue weighted by Crippen LogP contribution is 2.64. The minimum Gasteiger partial charge on any atom is -0.457 e. The minimum atomic E-state index is -0.564. The van der Waals surface area contributed by atoms with Crippen LogP contribution in [0, 0.1) is 0 Å². The number of ether oxygens (including phenoxy) is 1. The highest BCUT2D eigenvalue weighted by molar-refractivity contribution is 6.09. The largest absolute Gasteiger partial charge is 0.457 e. The zero-order chi connectivity index (χ0) is 42.2. The maximum atomic E-state index is 6.65. The number of nitrogens with zero attached hydrogens (tertiary/aromatic N) is 2. The maximum absolute atomic E-state index is 6.65. The Balaban J connectivity index is 0.962. The molecule has 0 unspecified atom stereocenters. The average Bonchev–Trinajstić information content (AvgIpc) is 3.86. The Morgan fingerprint density at radius 2 is 0.797 bits per heavy atom. The number of hydrogen-bond acceptors (Lipinski definition) is 2. The number of anilines is 3. The van der Waals surface area contributed by atoms with Crippen LogP contribution >= 0.6 is 0 Å². The molecule has 1 aliphatic heterocycles. The van der Waals surface area contributed by atoms with Gasteiger partial charge in [0.2, 0.25) is 0 Å². The van der Waals surface area contributed by atoms with Crippen LogP contribution in [0.3, 0.4) is 0 Å². The number of benzene rings is 10. The molecule has 3 heteroatoms. The maximum Gasteiger partial charge on any atom is 0.132 e. The van der Waals surface area contributed by atoms with Gasteiger partial charge < -0.3 is 14.2 Å². The summed E-state index contributed by atoms with van der Waals surface area (Å²) in [5.74, 6) is 1.78. The molecule has 2 heterocycles. The minimum absolute atomic E-state index is 0.564. The van der Waals surface area contributed by atoms with Crippen molar-refractivity contribution in [3.63, 3.8) is 0 Å². The molecule has 0 fully saturated rings. The van der Waals surface area contributed by atoms with Gasteiger partial charge in [-0.25, -0.2) is 0 Å². The first kappa shape index (κ1) is 36.3. The van der Waals surface area contributed by atoms with Gasteiger partial charge in [0.25, 0.3) is 0 Å². The second-order valence-corrected chi connectivity index (χ2v) is 16.8. The van der Waals surface area contributed by atoms with Gasteiger partial charge in [0.1, 0.15) is 11.5 Å². The molecule has 0 radical (unpaired) electrons. The fourth-order valence-electron chi connectivity index (χ4n) is 10.7. The van der Waals surface area contributed by atoms with Crippen molar-refractivity contribution in [2.24, 2.45) is 0 Å². The summed E-state index contributed by atoms with van der Waals surface area (Å²) < 4.78 is 9.03. The van der Waals surface area contributed by atoms with Crippen molar-refractivity contribution in [1.29, 1.82) is 0 Å². The third-order valence-corrected chi connectivity index (χ3v) is 13.5. The normalized spacial score (nSPS) is 12.9. The standard InChI is InChI=1S/C61H40N2O/c1-2-15-41(16-3-1)42-29-35-45(36-30-42)62(46-37-31-43(32-38-46)44-33-39-47(40-34-44)63-55-24-10-5-17-48(55)49-18-6-11-25-56(49)63)57-26-14-23-54-60(57)50-19-4-7-20-51(50)61(54)52-21-8-12-27-58(52)64-59-28-13-9-22-53(59)61/h1-40H. The van der Waals surface area contributed by atoms with Gasteiger partial charge in [0.05, 0.1) is 22.1 Å². The Bertz CT molecular complexity index is 3470. The van der Waals surface area contributed by atoms with E-state index in [2.05, 4.69) is 252 Å². The van der Waals surface area contributed by atoms with Gasteiger partial charge in [-0.2, -0.15) is 0 Å². The fourth-order valence-corrected chi connectivity index (χ4v) is 10.7. The zero-order valence-electron chi connectivity index (χ0n) is 34.9. The van der Waals surface area contributed by atoms with Crippen LogP contribution in [0.5, 0.6) is 11.5 Å². The van der Waals surface area contributed by atoms with Gasteiger partial charge in [-0.3, -0.25) is 0 Å². The lowest BCUT2D eigenvalue weighted by Gasteiger charge is -2.39. The molecule has 2 aliphatic rings. The van der Waals surface area contributed by atoms with Gasteiger partial charge in [0.15, 0.2) is 0 Å². The Morgan fingerprint density at radius 1 is 0.344 bits per heavy atom. The monoisotopic (exact) mass is 816 g/mol. The third-order valence-electron chi connectivity index (χ3n) is 13.5. The molecule has 1 aromatic heterocycles. The smallest absolute Gasteiger partial charge is 0.132 e. The summed E-state index contributed by atoms with van der Waals surface area (Å²) in [4.78, 5) is 2.44. The lowest BCUT2D eigenvalue weighted by molar-refractivity contribution is 0.436. The average molecular weight is 817 g/mol. The Morgan fingerprint density at radius 3 is 1.39 bits per heavy atom. The van der Waals surface area contributed by atoms with E-state index in [9.17, 15) is 0 Å². The molecule has 300 valence electrons. The summed E-state index contributed by atoms with van der Waals surface area (Å²) in [5, 5.41) is 2.53. The summed E-state index contributed by atoms with van der Waals surface area (Å²) in [5.41, 5.74) is 18.3. The van der Waals surface area contributed by atoms with E-state index >= 15 is 0 Å². The number of rotatable bonds is 6. The van der Waals surface area contributed by atoms with Crippen molar-refractivity contribution >= 4 is 38.9 Å². The molecular formula is C61H40N2O. The Labute approximate surface area is 372 Å². The number of para-hydroxylation sites is 4. The summed E-state index contributed by atoms with van der Waals surface area (Å²) in [6, 6.07) is 88.0. The lowest BCUT2D eigenvalue weighted by atomic mass is 9.66. The molecule has 11 aromatic rings. The predicted molar refractivity (Wildman–Crippen MR) is 264 cm³/mol. The first-order valence-electron chi connectivity index (χ1n) is 22.0. The summed E-state index contributed by atoms with van der Waals surface area (Å²) in [6.45, 7) is 0.